The third-order valence-corrected chi connectivity index (χ3v) is 4.97. The zero-order chi connectivity index (χ0) is 16.5. The van der Waals surface area contributed by atoms with E-state index in [1.807, 2.05) is 0 Å². The molecule has 0 radical (unpaired) electrons. The lowest BCUT2D eigenvalue weighted by atomic mass is 10.2. The number of amides is 1. The minimum atomic E-state index is -3.54. The van der Waals surface area contributed by atoms with Crippen LogP contribution in [0.25, 0.3) is 0 Å². The summed E-state index contributed by atoms with van der Waals surface area (Å²) in [7, 11) is -0.627. The molecule has 1 heterocycles. The number of carbonyl (C=O) groups excluding carboxylic acids is 1. The Kier molecular flexibility index (Phi) is 4.39. The first-order valence-corrected chi connectivity index (χ1v) is 8.07. The highest BCUT2D eigenvalue weighted by Gasteiger charge is 2.18. The topological polar surface area (TPSA) is 79.6 Å². The van der Waals surface area contributed by atoms with Gasteiger partial charge >= 0.3 is 0 Å². The Morgan fingerprint density at radius 3 is 2.41 bits per heavy atom. The predicted octanol–water partition coefficient (Wildman–Crippen LogP) is 2.40. The van der Waals surface area contributed by atoms with Crippen LogP contribution in [0, 0.1) is 13.8 Å². The molecule has 2 rings (SSSR count). The molecule has 0 spiro atoms. The second-order valence-corrected chi connectivity index (χ2v) is 7.25. The van der Waals surface area contributed by atoms with Crippen LogP contribution in [0.2, 0.25) is 0 Å². The summed E-state index contributed by atoms with van der Waals surface area (Å²) in [4.78, 5) is 12.3. The van der Waals surface area contributed by atoms with Crippen molar-refractivity contribution in [2.24, 2.45) is 0 Å². The molecule has 0 unspecified atom stereocenters. The van der Waals surface area contributed by atoms with E-state index in [0.29, 0.717) is 22.8 Å². The number of anilines is 1. The zero-order valence-electron chi connectivity index (χ0n) is 12.9. The molecule has 22 heavy (non-hydrogen) atoms. The molecule has 1 aromatic carbocycles. The molecular formula is C15H18N2O4S. The summed E-state index contributed by atoms with van der Waals surface area (Å²) in [5.41, 5.74) is 0.838. The summed E-state index contributed by atoms with van der Waals surface area (Å²) < 4.78 is 30.6. The second kappa shape index (κ2) is 5.94. The van der Waals surface area contributed by atoms with E-state index in [2.05, 4.69) is 5.32 Å². The maximum absolute atomic E-state index is 12.2. The summed E-state index contributed by atoms with van der Waals surface area (Å²) in [6, 6.07) is 7.77. The Hall–Kier alpha value is -2.12. The molecule has 0 aliphatic rings. The number of sulfonamides is 1. The SMILES string of the molecule is Cc1cc(C(=O)Nc2cccc(S(=O)(=O)N(C)C)c2)c(C)o1. The van der Waals surface area contributed by atoms with Crippen LogP contribution in [-0.2, 0) is 10.0 Å². The van der Waals surface area contributed by atoms with Crippen LogP contribution in [0.15, 0.2) is 39.6 Å². The van der Waals surface area contributed by atoms with E-state index >= 15 is 0 Å². The molecule has 1 amide bonds. The van der Waals surface area contributed by atoms with E-state index in [4.69, 9.17) is 4.42 Å². The molecule has 7 heteroatoms. The van der Waals surface area contributed by atoms with Crippen molar-refractivity contribution in [3.8, 4) is 0 Å². The Balaban J connectivity index is 2.28. The fraction of sp³-hybridized carbons (Fsp3) is 0.267. The number of furan rings is 1. The maximum Gasteiger partial charge on any atom is 0.259 e. The summed E-state index contributed by atoms with van der Waals surface area (Å²) in [5, 5.41) is 2.68. The van der Waals surface area contributed by atoms with Crippen LogP contribution in [-0.4, -0.2) is 32.7 Å². The average Bonchev–Trinajstić information content (AvgIpc) is 2.78. The standard InChI is InChI=1S/C15H18N2O4S/c1-10-8-14(11(2)21-10)15(18)16-12-6-5-7-13(9-12)22(19,20)17(3)4/h5-9H,1-4H3,(H,16,18). The Morgan fingerprint density at radius 1 is 1.18 bits per heavy atom. The Morgan fingerprint density at radius 2 is 1.86 bits per heavy atom. The van der Waals surface area contributed by atoms with Gasteiger partial charge in [-0.05, 0) is 38.1 Å². The van der Waals surface area contributed by atoms with Gasteiger partial charge in [0.15, 0.2) is 0 Å². The fourth-order valence-electron chi connectivity index (χ4n) is 2.00. The lowest BCUT2D eigenvalue weighted by Crippen LogP contribution is -2.22. The molecule has 0 atom stereocenters. The first-order valence-electron chi connectivity index (χ1n) is 6.63. The number of nitrogens with one attached hydrogen (secondary N) is 1. The molecule has 6 nitrogen and oxygen atoms in total. The molecular weight excluding hydrogens is 304 g/mol. The van der Waals surface area contributed by atoms with Crippen LogP contribution in [0.4, 0.5) is 5.69 Å². The van der Waals surface area contributed by atoms with Gasteiger partial charge in [-0.25, -0.2) is 12.7 Å². The van der Waals surface area contributed by atoms with Crippen molar-refractivity contribution in [1.82, 2.24) is 4.31 Å². The maximum atomic E-state index is 12.2. The minimum absolute atomic E-state index is 0.121. The van der Waals surface area contributed by atoms with Crippen LogP contribution >= 0.6 is 0 Å². The van der Waals surface area contributed by atoms with Crippen LogP contribution in [0.5, 0.6) is 0 Å². The third kappa shape index (κ3) is 3.20. The lowest BCUT2D eigenvalue weighted by molar-refractivity contribution is 0.102. The molecule has 0 saturated carbocycles. The first-order chi connectivity index (χ1) is 10.2. The van der Waals surface area contributed by atoms with Gasteiger partial charge in [0.2, 0.25) is 10.0 Å². The summed E-state index contributed by atoms with van der Waals surface area (Å²) in [6.45, 7) is 3.46. The van der Waals surface area contributed by atoms with Crippen molar-refractivity contribution in [2.45, 2.75) is 18.7 Å². The van der Waals surface area contributed by atoms with Crippen molar-refractivity contribution in [3.05, 3.63) is 47.4 Å². The molecule has 1 N–H and O–H groups in total. The number of hydrogen-bond acceptors (Lipinski definition) is 4. The first kappa shape index (κ1) is 16.3. The van der Waals surface area contributed by atoms with E-state index < -0.39 is 10.0 Å². The van der Waals surface area contributed by atoms with Crippen LogP contribution in [0.1, 0.15) is 21.9 Å². The number of carbonyl (C=O) groups is 1. The number of rotatable bonds is 4. The molecule has 0 aliphatic heterocycles. The quantitative estimate of drug-likeness (QED) is 0.937. The van der Waals surface area contributed by atoms with Gasteiger partial charge in [0.1, 0.15) is 11.5 Å². The van der Waals surface area contributed by atoms with Crippen molar-refractivity contribution in [1.29, 1.82) is 0 Å². The van der Waals surface area contributed by atoms with Crippen LogP contribution < -0.4 is 5.32 Å². The molecule has 1 aromatic heterocycles. The van der Waals surface area contributed by atoms with E-state index in [0.717, 1.165) is 4.31 Å². The normalized spacial score (nSPS) is 11.7. The fourth-order valence-corrected chi connectivity index (χ4v) is 2.95. The van der Waals surface area contributed by atoms with E-state index in [-0.39, 0.29) is 10.8 Å². The molecule has 0 bridgehead atoms. The smallest absolute Gasteiger partial charge is 0.259 e. The van der Waals surface area contributed by atoms with Gasteiger partial charge in [-0.15, -0.1) is 0 Å². The van der Waals surface area contributed by atoms with Gasteiger partial charge in [-0.3, -0.25) is 4.79 Å². The van der Waals surface area contributed by atoms with Gasteiger partial charge < -0.3 is 9.73 Å². The molecule has 0 saturated heterocycles. The second-order valence-electron chi connectivity index (χ2n) is 5.10. The van der Waals surface area contributed by atoms with E-state index in [1.54, 1.807) is 32.0 Å². The Bertz CT molecular complexity index is 807. The summed E-state index contributed by atoms with van der Waals surface area (Å²) in [5.74, 6) is 0.826. The molecule has 118 valence electrons. The predicted molar refractivity (Wildman–Crippen MR) is 83.5 cm³/mol. The van der Waals surface area contributed by atoms with Gasteiger partial charge in [0.25, 0.3) is 5.91 Å². The number of nitrogens with zero attached hydrogens (tertiary/aromatic N) is 1. The largest absolute Gasteiger partial charge is 0.466 e. The molecule has 0 fully saturated rings. The van der Waals surface area contributed by atoms with Crippen molar-refractivity contribution in [2.75, 3.05) is 19.4 Å². The van der Waals surface area contributed by atoms with E-state index in [9.17, 15) is 13.2 Å². The van der Waals surface area contributed by atoms with Gasteiger partial charge in [0, 0.05) is 19.8 Å². The highest BCUT2D eigenvalue weighted by atomic mass is 32.2. The highest BCUT2D eigenvalue weighted by Crippen LogP contribution is 2.20. The van der Waals surface area contributed by atoms with Crippen molar-refractivity contribution < 1.29 is 17.6 Å². The summed E-state index contributed by atoms with van der Waals surface area (Å²) in [6.07, 6.45) is 0. The minimum Gasteiger partial charge on any atom is -0.466 e. The van der Waals surface area contributed by atoms with Gasteiger partial charge in [0.05, 0.1) is 10.5 Å². The number of hydrogen-bond donors (Lipinski definition) is 1. The van der Waals surface area contributed by atoms with Gasteiger partial charge in [-0.1, -0.05) is 6.07 Å². The molecule has 2 aromatic rings. The zero-order valence-corrected chi connectivity index (χ0v) is 13.7. The monoisotopic (exact) mass is 322 g/mol. The Labute approximate surface area is 129 Å². The van der Waals surface area contributed by atoms with E-state index in [1.165, 1.54) is 26.2 Å². The average molecular weight is 322 g/mol. The van der Waals surface area contributed by atoms with Crippen molar-refractivity contribution >= 4 is 21.6 Å². The number of benzene rings is 1. The van der Waals surface area contributed by atoms with Gasteiger partial charge in [-0.2, -0.15) is 0 Å². The third-order valence-electron chi connectivity index (χ3n) is 3.16. The molecule has 0 aliphatic carbocycles. The lowest BCUT2D eigenvalue weighted by Gasteiger charge is -2.12. The summed E-state index contributed by atoms with van der Waals surface area (Å²) >= 11 is 0. The number of aryl methyl sites for hydroxylation is 2. The van der Waals surface area contributed by atoms with Crippen molar-refractivity contribution in [3.63, 3.8) is 0 Å². The van der Waals surface area contributed by atoms with Crippen LogP contribution in [0.3, 0.4) is 0 Å². The highest BCUT2D eigenvalue weighted by molar-refractivity contribution is 7.89.